The molecule has 0 saturated carbocycles. The third-order valence-electron chi connectivity index (χ3n) is 6.15. The van der Waals surface area contributed by atoms with E-state index in [0.29, 0.717) is 17.6 Å². The van der Waals surface area contributed by atoms with E-state index in [-0.39, 0.29) is 29.9 Å². The smallest absolute Gasteiger partial charge is 0.278 e. The number of carbonyl (C=O) groups is 2. The second-order valence-corrected chi connectivity index (χ2v) is 8.63. The SMILES string of the molecule is Cc1ccc(C)c(NC2=C(c3ccc(C)c(C)c3)C(=O)N(CCc3ccc(F)cc3)C2=O)c1. The molecule has 3 aromatic carbocycles. The molecule has 0 saturated heterocycles. The van der Waals surface area contributed by atoms with E-state index in [1.54, 1.807) is 12.1 Å². The van der Waals surface area contributed by atoms with Crippen LogP contribution in [0.15, 0.2) is 66.4 Å². The Labute approximate surface area is 193 Å². The summed E-state index contributed by atoms with van der Waals surface area (Å²) < 4.78 is 13.2. The first-order valence-corrected chi connectivity index (χ1v) is 11.0. The number of nitrogens with zero attached hydrogens (tertiary/aromatic N) is 1. The Morgan fingerprint density at radius 1 is 0.788 bits per heavy atom. The molecule has 4 rings (SSSR count). The lowest BCUT2D eigenvalue weighted by Gasteiger charge is -2.16. The van der Waals surface area contributed by atoms with Crippen molar-refractivity contribution >= 4 is 23.1 Å². The van der Waals surface area contributed by atoms with E-state index < -0.39 is 0 Å². The first-order chi connectivity index (χ1) is 15.7. The lowest BCUT2D eigenvalue weighted by molar-refractivity contribution is -0.136. The van der Waals surface area contributed by atoms with Gasteiger partial charge >= 0.3 is 0 Å². The van der Waals surface area contributed by atoms with Crippen molar-refractivity contribution in [2.75, 3.05) is 11.9 Å². The Morgan fingerprint density at radius 2 is 1.48 bits per heavy atom. The third-order valence-corrected chi connectivity index (χ3v) is 6.15. The van der Waals surface area contributed by atoms with Crippen LogP contribution in [0.4, 0.5) is 10.1 Å². The maximum absolute atomic E-state index is 13.5. The molecule has 3 aromatic rings. The van der Waals surface area contributed by atoms with Gasteiger partial charge in [0.2, 0.25) is 0 Å². The highest BCUT2D eigenvalue weighted by Gasteiger charge is 2.39. The van der Waals surface area contributed by atoms with Gasteiger partial charge in [-0.05, 0) is 85.7 Å². The molecule has 0 aromatic heterocycles. The van der Waals surface area contributed by atoms with Crippen molar-refractivity contribution in [1.82, 2.24) is 4.90 Å². The maximum atomic E-state index is 13.5. The van der Waals surface area contributed by atoms with Crippen LogP contribution in [-0.2, 0) is 16.0 Å². The molecule has 0 atom stereocenters. The molecule has 2 amide bonds. The molecule has 0 spiro atoms. The highest BCUT2D eigenvalue weighted by atomic mass is 19.1. The zero-order valence-corrected chi connectivity index (χ0v) is 19.3. The molecule has 1 N–H and O–H groups in total. The van der Waals surface area contributed by atoms with Gasteiger partial charge in [-0.2, -0.15) is 0 Å². The summed E-state index contributed by atoms with van der Waals surface area (Å²) in [6.07, 6.45) is 0.453. The summed E-state index contributed by atoms with van der Waals surface area (Å²) in [4.78, 5) is 28.2. The molecule has 1 heterocycles. The van der Waals surface area contributed by atoms with Gasteiger partial charge in [-0.3, -0.25) is 14.5 Å². The number of anilines is 1. The predicted octanol–water partition coefficient (Wildman–Crippen LogP) is 5.49. The minimum Gasteiger partial charge on any atom is -0.350 e. The molecule has 33 heavy (non-hydrogen) atoms. The van der Waals surface area contributed by atoms with E-state index in [0.717, 1.165) is 33.5 Å². The molecule has 0 fully saturated rings. The van der Waals surface area contributed by atoms with Crippen LogP contribution in [0, 0.1) is 33.5 Å². The van der Waals surface area contributed by atoms with Gasteiger partial charge in [-0.25, -0.2) is 4.39 Å². The molecule has 1 aliphatic rings. The van der Waals surface area contributed by atoms with E-state index in [4.69, 9.17) is 0 Å². The van der Waals surface area contributed by atoms with E-state index in [2.05, 4.69) is 5.32 Å². The van der Waals surface area contributed by atoms with Gasteiger partial charge in [0.15, 0.2) is 0 Å². The van der Waals surface area contributed by atoms with Crippen molar-refractivity contribution < 1.29 is 14.0 Å². The number of hydrogen-bond acceptors (Lipinski definition) is 3. The van der Waals surface area contributed by atoms with Gasteiger partial charge in [-0.15, -0.1) is 0 Å². The fourth-order valence-corrected chi connectivity index (χ4v) is 3.96. The van der Waals surface area contributed by atoms with E-state index in [9.17, 15) is 14.0 Å². The molecule has 0 radical (unpaired) electrons. The Balaban J connectivity index is 1.71. The number of imide groups is 1. The van der Waals surface area contributed by atoms with E-state index in [1.165, 1.54) is 17.0 Å². The van der Waals surface area contributed by atoms with Crippen LogP contribution in [0.2, 0.25) is 0 Å². The van der Waals surface area contributed by atoms with Crippen LogP contribution in [0.3, 0.4) is 0 Å². The first kappa shape index (κ1) is 22.5. The zero-order chi connectivity index (χ0) is 23.7. The molecule has 168 valence electrons. The van der Waals surface area contributed by atoms with Crippen molar-refractivity contribution in [3.05, 3.63) is 106 Å². The second-order valence-electron chi connectivity index (χ2n) is 8.63. The largest absolute Gasteiger partial charge is 0.350 e. The quantitative estimate of drug-likeness (QED) is 0.513. The molecule has 0 aliphatic carbocycles. The fraction of sp³-hybridized carbons (Fsp3) is 0.214. The number of halogens is 1. The number of hydrogen-bond donors (Lipinski definition) is 1. The van der Waals surface area contributed by atoms with Gasteiger partial charge in [0, 0.05) is 12.2 Å². The van der Waals surface area contributed by atoms with Crippen LogP contribution in [0.5, 0.6) is 0 Å². The third kappa shape index (κ3) is 4.58. The van der Waals surface area contributed by atoms with Gasteiger partial charge in [0.1, 0.15) is 11.5 Å². The summed E-state index contributed by atoms with van der Waals surface area (Å²) in [7, 11) is 0. The molecular weight excluding hydrogens is 415 g/mol. The Bertz CT molecular complexity index is 1280. The summed E-state index contributed by atoms with van der Waals surface area (Å²) in [6.45, 7) is 8.17. The van der Waals surface area contributed by atoms with Crippen LogP contribution in [0.25, 0.3) is 5.57 Å². The van der Waals surface area contributed by atoms with Gasteiger partial charge in [0.25, 0.3) is 11.8 Å². The minimum absolute atomic E-state index is 0.218. The number of aryl methyl sites for hydroxylation is 4. The molecule has 5 heteroatoms. The molecule has 0 bridgehead atoms. The average Bonchev–Trinajstić information content (AvgIpc) is 3.01. The first-order valence-electron chi connectivity index (χ1n) is 11.0. The Hall–Kier alpha value is -3.73. The summed E-state index contributed by atoms with van der Waals surface area (Å²) in [6, 6.07) is 17.9. The summed E-state index contributed by atoms with van der Waals surface area (Å²) in [5.41, 5.74) is 7.25. The van der Waals surface area contributed by atoms with Gasteiger partial charge in [0.05, 0.1) is 5.57 Å². The lowest BCUT2D eigenvalue weighted by Crippen LogP contribution is -2.34. The van der Waals surface area contributed by atoms with Crippen LogP contribution in [0.1, 0.15) is 33.4 Å². The monoisotopic (exact) mass is 442 g/mol. The molecule has 4 nitrogen and oxygen atoms in total. The Kier molecular flexibility index (Phi) is 6.14. The number of nitrogens with one attached hydrogen (secondary N) is 1. The Morgan fingerprint density at radius 3 is 2.18 bits per heavy atom. The van der Waals surface area contributed by atoms with Crippen LogP contribution >= 0.6 is 0 Å². The van der Waals surface area contributed by atoms with E-state index in [1.807, 2.05) is 64.1 Å². The standard InChI is InChI=1S/C28H27FN2O2/c1-17-5-6-19(3)24(15-17)30-26-25(22-10-7-18(2)20(4)16-22)27(32)31(28(26)33)14-13-21-8-11-23(29)12-9-21/h5-12,15-16,30H,13-14H2,1-4H3. The van der Waals surface area contributed by atoms with Crippen molar-refractivity contribution in [1.29, 1.82) is 0 Å². The zero-order valence-electron chi connectivity index (χ0n) is 19.3. The second kappa shape index (κ2) is 9.02. The van der Waals surface area contributed by atoms with E-state index >= 15 is 0 Å². The summed E-state index contributed by atoms with van der Waals surface area (Å²) in [5.74, 6) is -0.986. The van der Waals surface area contributed by atoms with Crippen molar-refractivity contribution in [3.8, 4) is 0 Å². The topological polar surface area (TPSA) is 49.4 Å². The normalized spacial score (nSPS) is 13.8. The molecule has 0 unspecified atom stereocenters. The number of rotatable bonds is 6. The average molecular weight is 443 g/mol. The van der Waals surface area contributed by atoms with Gasteiger partial charge < -0.3 is 5.32 Å². The highest BCUT2D eigenvalue weighted by molar-refractivity contribution is 6.36. The van der Waals surface area contributed by atoms with Crippen molar-refractivity contribution in [2.24, 2.45) is 0 Å². The summed E-state index contributed by atoms with van der Waals surface area (Å²) >= 11 is 0. The number of carbonyl (C=O) groups excluding carboxylic acids is 2. The number of amides is 2. The molecular formula is C28H27FN2O2. The minimum atomic E-state index is -0.351. The molecule has 1 aliphatic heterocycles. The predicted molar refractivity (Wildman–Crippen MR) is 129 cm³/mol. The summed E-state index contributed by atoms with van der Waals surface area (Å²) in [5, 5.41) is 3.27. The van der Waals surface area contributed by atoms with Gasteiger partial charge in [-0.1, -0.05) is 42.5 Å². The number of benzene rings is 3. The highest BCUT2D eigenvalue weighted by Crippen LogP contribution is 2.32. The van der Waals surface area contributed by atoms with Crippen molar-refractivity contribution in [2.45, 2.75) is 34.1 Å². The van der Waals surface area contributed by atoms with Crippen molar-refractivity contribution in [3.63, 3.8) is 0 Å². The maximum Gasteiger partial charge on any atom is 0.278 e. The van der Waals surface area contributed by atoms with Crippen LogP contribution in [-0.4, -0.2) is 23.3 Å². The lowest BCUT2D eigenvalue weighted by atomic mass is 9.99. The van der Waals surface area contributed by atoms with Crippen LogP contribution < -0.4 is 5.32 Å². The fourth-order valence-electron chi connectivity index (χ4n) is 3.96.